The summed E-state index contributed by atoms with van der Waals surface area (Å²) in [6.07, 6.45) is 1.06. The maximum atomic E-state index is 12.1. The van der Waals surface area contributed by atoms with Gasteiger partial charge in [0, 0.05) is 33.3 Å². The van der Waals surface area contributed by atoms with Crippen LogP contribution in [0, 0.1) is 5.92 Å². The molecule has 0 spiro atoms. The minimum Gasteiger partial charge on any atom is -0.378 e. The molecule has 27 heavy (non-hydrogen) atoms. The molecule has 154 valence electrons. The van der Waals surface area contributed by atoms with Crippen molar-refractivity contribution in [2.75, 3.05) is 32.5 Å². The van der Waals surface area contributed by atoms with E-state index in [1.807, 2.05) is 37.3 Å². The highest BCUT2D eigenvalue weighted by atomic mass is 32.2. The van der Waals surface area contributed by atoms with E-state index in [1.54, 1.807) is 7.05 Å². The maximum Gasteiger partial charge on any atom is 0.213 e. The van der Waals surface area contributed by atoms with Crippen molar-refractivity contribution >= 4 is 16.0 Å². The molecule has 0 amide bonds. The Morgan fingerprint density at radius 3 is 2.41 bits per heavy atom. The molecule has 1 aromatic rings. The SMILES string of the molecule is CCOC(CCNC(=NC)NCCS(=O)(=O)NCc1ccccc1)C(C)C. The van der Waals surface area contributed by atoms with E-state index in [2.05, 4.69) is 34.2 Å². The van der Waals surface area contributed by atoms with Gasteiger partial charge in [-0.1, -0.05) is 44.2 Å². The first-order valence-electron chi connectivity index (χ1n) is 9.45. The first-order valence-corrected chi connectivity index (χ1v) is 11.1. The highest BCUT2D eigenvalue weighted by molar-refractivity contribution is 7.89. The third-order valence-electron chi connectivity index (χ3n) is 4.07. The molecular formula is C19H34N4O3S. The summed E-state index contributed by atoms with van der Waals surface area (Å²) in [5, 5.41) is 6.24. The number of rotatable bonds is 12. The van der Waals surface area contributed by atoms with Gasteiger partial charge in [-0.3, -0.25) is 4.99 Å². The number of nitrogens with zero attached hydrogens (tertiary/aromatic N) is 1. The molecule has 0 heterocycles. The van der Waals surface area contributed by atoms with Crippen molar-refractivity contribution in [3.63, 3.8) is 0 Å². The third kappa shape index (κ3) is 10.3. The highest BCUT2D eigenvalue weighted by Gasteiger charge is 2.13. The quantitative estimate of drug-likeness (QED) is 0.368. The van der Waals surface area contributed by atoms with Gasteiger partial charge in [-0.25, -0.2) is 13.1 Å². The molecule has 0 aliphatic heterocycles. The second-order valence-corrected chi connectivity index (χ2v) is 8.50. The van der Waals surface area contributed by atoms with Crippen molar-refractivity contribution in [2.24, 2.45) is 10.9 Å². The van der Waals surface area contributed by atoms with Gasteiger partial charge in [0.2, 0.25) is 10.0 Å². The monoisotopic (exact) mass is 398 g/mol. The number of hydrogen-bond acceptors (Lipinski definition) is 4. The number of benzene rings is 1. The molecule has 0 aromatic heterocycles. The second kappa shape index (κ2) is 12.7. The molecule has 0 saturated heterocycles. The van der Waals surface area contributed by atoms with Crippen LogP contribution in [-0.2, 0) is 21.3 Å². The molecule has 1 unspecified atom stereocenters. The lowest BCUT2D eigenvalue weighted by Gasteiger charge is -2.21. The van der Waals surface area contributed by atoms with E-state index in [0.717, 1.165) is 12.0 Å². The van der Waals surface area contributed by atoms with Crippen LogP contribution < -0.4 is 15.4 Å². The largest absolute Gasteiger partial charge is 0.378 e. The zero-order valence-electron chi connectivity index (χ0n) is 16.9. The summed E-state index contributed by atoms with van der Waals surface area (Å²) >= 11 is 0. The van der Waals surface area contributed by atoms with E-state index in [9.17, 15) is 8.42 Å². The van der Waals surface area contributed by atoms with Crippen LogP contribution in [0.15, 0.2) is 35.3 Å². The predicted molar refractivity (Wildman–Crippen MR) is 111 cm³/mol. The smallest absolute Gasteiger partial charge is 0.213 e. The van der Waals surface area contributed by atoms with Crippen LogP contribution in [0.25, 0.3) is 0 Å². The average Bonchev–Trinajstić information content (AvgIpc) is 2.65. The zero-order valence-corrected chi connectivity index (χ0v) is 17.7. The van der Waals surface area contributed by atoms with Gasteiger partial charge in [0.05, 0.1) is 11.9 Å². The molecule has 0 radical (unpaired) electrons. The average molecular weight is 399 g/mol. The van der Waals surface area contributed by atoms with Gasteiger partial charge >= 0.3 is 0 Å². The summed E-state index contributed by atoms with van der Waals surface area (Å²) in [4.78, 5) is 4.13. The lowest BCUT2D eigenvalue weighted by molar-refractivity contribution is 0.0258. The van der Waals surface area contributed by atoms with E-state index in [0.29, 0.717) is 31.6 Å². The van der Waals surface area contributed by atoms with Gasteiger partial charge in [0.15, 0.2) is 5.96 Å². The van der Waals surface area contributed by atoms with Crippen molar-refractivity contribution in [1.82, 2.24) is 15.4 Å². The van der Waals surface area contributed by atoms with Gasteiger partial charge in [-0.05, 0) is 24.8 Å². The second-order valence-electron chi connectivity index (χ2n) is 6.58. The summed E-state index contributed by atoms with van der Waals surface area (Å²) in [6.45, 7) is 8.26. The lowest BCUT2D eigenvalue weighted by Crippen LogP contribution is -2.42. The summed E-state index contributed by atoms with van der Waals surface area (Å²) in [7, 11) is -1.68. The normalized spacial score (nSPS) is 13.6. The molecule has 0 saturated carbocycles. The molecule has 0 aliphatic rings. The number of hydrogen-bond donors (Lipinski definition) is 3. The van der Waals surface area contributed by atoms with Gasteiger partial charge < -0.3 is 15.4 Å². The topological polar surface area (TPSA) is 91.8 Å². The Bertz CT molecular complexity index is 648. The summed E-state index contributed by atoms with van der Waals surface area (Å²) in [5.74, 6) is 1.02. The summed E-state index contributed by atoms with van der Waals surface area (Å²) in [5.41, 5.74) is 0.931. The van der Waals surface area contributed by atoms with E-state index >= 15 is 0 Å². The van der Waals surface area contributed by atoms with E-state index in [-0.39, 0.29) is 18.4 Å². The van der Waals surface area contributed by atoms with Crippen LogP contribution in [0.4, 0.5) is 0 Å². The van der Waals surface area contributed by atoms with Gasteiger partial charge in [0.25, 0.3) is 0 Å². The van der Waals surface area contributed by atoms with Crippen molar-refractivity contribution in [2.45, 2.75) is 39.8 Å². The minimum atomic E-state index is -3.35. The molecule has 1 rings (SSSR count). The molecule has 0 aliphatic carbocycles. The Kier molecular flexibility index (Phi) is 11.0. The van der Waals surface area contributed by atoms with Crippen LogP contribution >= 0.6 is 0 Å². The molecule has 7 nitrogen and oxygen atoms in total. The summed E-state index contributed by atoms with van der Waals surface area (Å²) in [6, 6.07) is 9.45. The van der Waals surface area contributed by atoms with Gasteiger partial charge in [0.1, 0.15) is 0 Å². The predicted octanol–water partition coefficient (Wildman–Crippen LogP) is 1.72. The number of aliphatic imine (C=N–C) groups is 1. The maximum absolute atomic E-state index is 12.1. The van der Waals surface area contributed by atoms with Crippen molar-refractivity contribution in [1.29, 1.82) is 0 Å². The number of nitrogens with one attached hydrogen (secondary N) is 3. The number of ether oxygens (including phenoxy) is 1. The van der Waals surface area contributed by atoms with E-state index < -0.39 is 10.0 Å². The molecule has 0 fully saturated rings. The molecule has 0 bridgehead atoms. The van der Waals surface area contributed by atoms with Gasteiger partial charge in [-0.15, -0.1) is 0 Å². The van der Waals surface area contributed by atoms with Crippen LogP contribution in [0.1, 0.15) is 32.8 Å². The fourth-order valence-corrected chi connectivity index (χ4v) is 3.44. The molecular weight excluding hydrogens is 364 g/mol. The van der Waals surface area contributed by atoms with E-state index in [1.165, 1.54) is 0 Å². The Morgan fingerprint density at radius 1 is 1.15 bits per heavy atom. The fourth-order valence-electron chi connectivity index (χ4n) is 2.54. The summed E-state index contributed by atoms with van der Waals surface area (Å²) < 4.78 is 32.5. The van der Waals surface area contributed by atoms with Crippen LogP contribution in [-0.4, -0.2) is 53.0 Å². The Balaban J connectivity index is 2.31. The van der Waals surface area contributed by atoms with Crippen LogP contribution in [0.5, 0.6) is 0 Å². The highest BCUT2D eigenvalue weighted by Crippen LogP contribution is 2.09. The van der Waals surface area contributed by atoms with E-state index in [4.69, 9.17) is 4.74 Å². The molecule has 3 N–H and O–H groups in total. The Labute approximate surface area is 164 Å². The Morgan fingerprint density at radius 2 is 1.81 bits per heavy atom. The first-order chi connectivity index (χ1) is 12.9. The Hall–Kier alpha value is -1.64. The number of guanidine groups is 1. The molecule has 8 heteroatoms. The van der Waals surface area contributed by atoms with Crippen molar-refractivity contribution in [3.05, 3.63) is 35.9 Å². The molecule has 1 atom stereocenters. The third-order valence-corrected chi connectivity index (χ3v) is 5.40. The van der Waals surface area contributed by atoms with Gasteiger partial charge in [-0.2, -0.15) is 0 Å². The lowest BCUT2D eigenvalue weighted by atomic mass is 10.0. The number of sulfonamides is 1. The first kappa shape index (κ1) is 23.4. The van der Waals surface area contributed by atoms with Crippen molar-refractivity contribution < 1.29 is 13.2 Å². The molecule has 1 aromatic carbocycles. The van der Waals surface area contributed by atoms with Crippen molar-refractivity contribution in [3.8, 4) is 0 Å². The zero-order chi connectivity index (χ0) is 20.1. The fraction of sp³-hybridized carbons (Fsp3) is 0.632. The van der Waals surface area contributed by atoms with Crippen LogP contribution in [0.3, 0.4) is 0 Å². The standard InChI is InChI=1S/C19H34N4O3S/c1-5-26-18(16(2)3)11-12-21-19(20-4)22-13-14-27(24,25)23-15-17-9-7-6-8-10-17/h6-10,16,18,23H,5,11-15H2,1-4H3,(H2,20,21,22). The van der Waals surface area contributed by atoms with Crippen LogP contribution in [0.2, 0.25) is 0 Å². The minimum absolute atomic E-state index is 0.0197.